The van der Waals surface area contributed by atoms with E-state index < -0.39 is 5.82 Å². The first-order chi connectivity index (χ1) is 13.0. The Bertz CT molecular complexity index is 837. The quantitative estimate of drug-likeness (QED) is 0.780. The average molecular weight is 370 g/mol. The van der Waals surface area contributed by atoms with Crippen LogP contribution in [0.25, 0.3) is 0 Å². The number of halogens is 1. The highest BCUT2D eigenvalue weighted by Gasteiger charge is 2.16. The molecule has 0 fully saturated rings. The van der Waals surface area contributed by atoms with Crippen molar-refractivity contribution in [3.05, 3.63) is 58.4 Å². The maximum absolute atomic E-state index is 12.8. The zero-order valence-corrected chi connectivity index (χ0v) is 15.3. The summed E-state index contributed by atoms with van der Waals surface area (Å²) in [7, 11) is 0. The maximum Gasteiger partial charge on any atom is 0.251 e. The lowest BCUT2D eigenvalue weighted by Gasteiger charge is -2.08. The lowest BCUT2D eigenvalue weighted by atomic mass is 10.2. The van der Waals surface area contributed by atoms with E-state index in [9.17, 15) is 14.0 Å². The number of carbonyl (C=O) groups excluding carboxylic acids is 2. The van der Waals surface area contributed by atoms with Gasteiger partial charge < -0.3 is 10.6 Å². The van der Waals surface area contributed by atoms with Crippen LogP contribution >= 0.6 is 0 Å². The van der Waals surface area contributed by atoms with Crippen molar-refractivity contribution in [2.24, 2.45) is 0 Å². The third-order valence-corrected chi connectivity index (χ3v) is 4.60. The number of nitrogens with one attached hydrogen (secondary N) is 2. The number of fused-ring (bicyclic) bond motifs is 1. The molecule has 2 N–H and O–H groups in total. The molecule has 0 atom stereocenters. The van der Waals surface area contributed by atoms with E-state index in [4.69, 9.17) is 0 Å². The molecule has 0 radical (unpaired) electrons. The van der Waals surface area contributed by atoms with Gasteiger partial charge in [-0.15, -0.1) is 0 Å². The number of aromatic nitrogens is 2. The molecule has 0 saturated heterocycles. The molecule has 0 unspecified atom stereocenters. The summed E-state index contributed by atoms with van der Waals surface area (Å²) in [5.74, 6) is -0.108. The summed E-state index contributed by atoms with van der Waals surface area (Å²) in [6.45, 7) is 2.69. The fourth-order valence-corrected chi connectivity index (χ4v) is 3.19. The van der Waals surface area contributed by atoms with Crippen molar-refractivity contribution in [3.63, 3.8) is 0 Å². The molecule has 27 heavy (non-hydrogen) atoms. The van der Waals surface area contributed by atoms with Crippen molar-refractivity contribution in [2.45, 2.75) is 39.0 Å². The number of rotatable bonds is 7. The molecule has 1 aliphatic rings. The second kappa shape index (κ2) is 8.70. The molecule has 1 aromatic carbocycles. The molecule has 7 heteroatoms. The van der Waals surface area contributed by atoms with Gasteiger partial charge in [-0.1, -0.05) is 0 Å². The second-order valence-electron chi connectivity index (χ2n) is 6.62. The maximum atomic E-state index is 12.8. The van der Waals surface area contributed by atoms with Gasteiger partial charge in [0.05, 0.1) is 0 Å². The summed E-state index contributed by atoms with van der Waals surface area (Å²) in [5.41, 5.74) is 3.83. The van der Waals surface area contributed by atoms with Crippen molar-refractivity contribution in [1.82, 2.24) is 20.6 Å². The van der Waals surface area contributed by atoms with E-state index in [0.717, 1.165) is 36.5 Å². The fraction of sp³-hybridized carbons (Fsp3) is 0.400. The van der Waals surface area contributed by atoms with Crippen LogP contribution in [0.15, 0.2) is 24.3 Å². The third kappa shape index (κ3) is 5.09. The van der Waals surface area contributed by atoms with Crippen LogP contribution in [0.2, 0.25) is 0 Å². The Morgan fingerprint density at radius 1 is 1.07 bits per heavy atom. The molecule has 3 rings (SSSR count). The van der Waals surface area contributed by atoms with Crippen molar-refractivity contribution in [3.8, 4) is 0 Å². The SMILES string of the molecule is Cc1nc(CCNC(=O)CCNC(=O)c2ccc(F)cc2)nc2c1CCC2. The molecule has 0 saturated carbocycles. The highest BCUT2D eigenvalue weighted by atomic mass is 19.1. The first kappa shape index (κ1) is 18.9. The van der Waals surface area contributed by atoms with Crippen molar-refractivity contribution >= 4 is 11.8 Å². The Morgan fingerprint density at radius 2 is 1.85 bits per heavy atom. The largest absolute Gasteiger partial charge is 0.356 e. The minimum atomic E-state index is -0.395. The molecule has 1 heterocycles. The molecular weight excluding hydrogens is 347 g/mol. The highest BCUT2D eigenvalue weighted by Crippen LogP contribution is 2.22. The van der Waals surface area contributed by atoms with Crippen LogP contribution in [0.5, 0.6) is 0 Å². The Kier molecular flexibility index (Phi) is 6.11. The zero-order valence-electron chi connectivity index (χ0n) is 15.3. The summed E-state index contributed by atoms with van der Waals surface area (Å²) in [4.78, 5) is 32.9. The summed E-state index contributed by atoms with van der Waals surface area (Å²) in [5, 5.41) is 5.47. The standard InChI is InChI=1S/C20H23FN4O2/c1-13-16-3-2-4-17(16)25-18(24-13)9-11-22-19(26)10-12-23-20(27)14-5-7-15(21)8-6-14/h5-8H,2-4,9-12H2,1H3,(H,22,26)(H,23,27). The van der Waals surface area contributed by atoms with Gasteiger partial charge in [-0.25, -0.2) is 14.4 Å². The molecular formula is C20H23FN4O2. The summed E-state index contributed by atoms with van der Waals surface area (Å²) >= 11 is 0. The van der Waals surface area contributed by atoms with E-state index in [2.05, 4.69) is 20.6 Å². The predicted octanol–water partition coefficient (Wildman–Crippen LogP) is 1.89. The third-order valence-electron chi connectivity index (χ3n) is 4.60. The van der Waals surface area contributed by atoms with E-state index in [1.54, 1.807) is 0 Å². The average Bonchev–Trinajstić information content (AvgIpc) is 3.11. The molecule has 2 amide bonds. The first-order valence-electron chi connectivity index (χ1n) is 9.18. The van der Waals surface area contributed by atoms with E-state index in [1.165, 1.54) is 29.8 Å². The Balaban J connectivity index is 1.37. The number of hydrogen-bond acceptors (Lipinski definition) is 4. The summed E-state index contributed by atoms with van der Waals surface area (Å²) in [6.07, 6.45) is 3.96. The normalized spacial score (nSPS) is 12.5. The van der Waals surface area contributed by atoms with E-state index >= 15 is 0 Å². The van der Waals surface area contributed by atoms with Crippen LogP contribution in [-0.4, -0.2) is 34.9 Å². The van der Waals surface area contributed by atoms with Gasteiger partial charge in [0.2, 0.25) is 5.91 Å². The van der Waals surface area contributed by atoms with Gasteiger partial charge in [-0.05, 0) is 56.0 Å². The van der Waals surface area contributed by atoms with Gasteiger partial charge in [0.1, 0.15) is 11.6 Å². The smallest absolute Gasteiger partial charge is 0.251 e. The summed E-state index contributed by atoms with van der Waals surface area (Å²) in [6, 6.07) is 5.27. The van der Waals surface area contributed by atoms with Crippen LogP contribution in [0.1, 0.15) is 46.0 Å². The molecule has 1 aromatic heterocycles. The number of benzene rings is 1. The Labute approximate surface area is 157 Å². The number of nitrogens with zero attached hydrogens (tertiary/aromatic N) is 2. The first-order valence-corrected chi connectivity index (χ1v) is 9.18. The van der Waals surface area contributed by atoms with Gasteiger partial charge in [0, 0.05) is 42.9 Å². The lowest BCUT2D eigenvalue weighted by molar-refractivity contribution is -0.120. The fourth-order valence-electron chi connectivity index (χ4n) is 3.19. The summed E-state index contributed by atoms with van der Waals surface area (Å²) < 4.78 is 12.8. The van der Waals surface area contributed by atoms with Gasteiger partial charge in [0.25, 0.3) is 5.91 Å². The van der Waals surface area contributed by atoms with Gasteiger partial charge in [0.15, 0.2) is 0 Å². The molecule has 6 nitrogen and oxygen atoms in total. The van der Waals surface area contributed by atoms with Gasteiger partial charge in [-0.2, -0.15) is 0 Å². The highest BCUT2D eigenvalue weighted by molar-refractivity contribution is 5.94. The van der Waals surface area contributed by atoms with Crippen LogP contribution in [0, 0.1) is 12.7 Å². The van der Waals surface area contributed by atoms with Crippen LogP contribution in [0.4, 0.5) is 4.39 Å². The van der Waals surface area contributed by atoms with Gasteiger partial charge in [-0.3, -0.25) is 9.59 Å². The molecule has 0 bridgehead atoms. The minimum absolute atomic E-state index is 0.146. The van der Waals surface area contributed by atoms with Crippen LogP contribution in [-0.2, 0) is 24.1 Å². The molecule has 0 aliphatic heterocycles. The van der Waals surface area contributed by atoms with Crippen molar-refractivity contribution < 1.29 is 14.0 Å². The van der Waals surface area contributed by atoms with Crippen molar-refractivity contribution in [1.29, 1.82) is 0 Å². The van der Waals surface area contributed by atoms with E-state index in [0.29, 0.717) is 18.5 Å². The number of hydrogen-bond donors (Lipinski definition) is 2. The zero-order chi connectivity index (χ0) is 19.2. The second-order valence-corrected chi connectivity index (χ2v) is 6.62. The Hall–Kier alpha value is -2.83. The number of amides is 2. The van der Waals surface area contributed by atoms with Crippen LogP contribution < -0.4 is 10.6 Å². The predicted molar refractivity (Wildman–Crippen MR) is 98.9 cm³/mol. The van der Waals surface area contributed by atoms with Crippen molar-refractivity contribution in [2.75, 3.05) is 13.1 Å². The topological polar surface area (TPSA) is 84.0 Å². The number of carbonyl (C=O) groups is 2. The number of aryl methyl sites for hydroxylation is 2. The monoisotopic (exact) mass is 370 g/mol. The minimum Gasteiger partial charge on any atom is -0.356 e. The Morgan fingerprint density at radius 3 is 2.63 bits per heavy atom. The molecule has 142 valence electrons. The molecule has 1 aliphatic carbocycles. The molecule has 2 aromatic rings. The van der Waals surface area contributed by atoms with Crippen LogP contribution in [0.3, 0.4) is 0 Å². The van der Waals surface area contributed by atoms with E-state index in [-0.39, 0.29) is 24.8 Å². The molecule has 0 spiro atoms. The van der Waals surface area contributed by atoms with Gasteiger partial charge >= 0.3 is 0 Å². The van der Waals surface area contributed by atoms with E-state index in [1.807, 2.05) is 6.92 Å². The lowest BCUT2D eigenvalue weighted by Crippen LogP contribution is -2.31.